The van der Waals surface area contributed by atoms with Crippen molar-refractivity contribution in [2.24, 2.45) is 0 Å². The highest BCUT2D eigenvalue weighted by molar-refractivity contribution is 5.41. The molecule has 8 heteroatoms. The molecule has 130 valence electrons. The van der Waals surface area contributed by atoms with Crippen LogP contribution in [0.2, 0.25) is 0 Å². The summed E-state index contributed by atoms with van der Waals surface area (Å²) >= 11 is 0. The molecule has 0 saturated carbocycles. The van der Waals surface area contributed by atoms with Gasteiger partial charge in [-0.25, -0.2) is 0 Å². The second-order valence-electron chi connectivity index (χ2n) is 6.62. The fourth-order valence-corrected chi connectivity index (χ4v) is 3.44. The van der Waals surface area contributed by atoms with Crippen LogP contribution in [-0.2, 0) is 6.42 Å². The molecule has 1 aromatic carbocycles. The molecule has 0 spiro atoms. The van der Waals surface area contributed by atoms with E-state index in [1.165, 1.54) is 15.6 Å². The quantitative estimate of drug-likeness (QED) is 0.651. The average molecular weight is 338 g/mol. The molecule has 2 aromatic heterocycles. The first-order chi connectivity index (χ1) is 12.1. The van der Waals surface area contributed by atoms with E-state index in [1.807, 2.05) is 0 Å². The fraction of sp³-hybridized carbons (Fsp3) is 0.412. The molecule has 25 heavy (non-hydrogen) atoms. The highest BCUT2D eigenvalue weighted by Gasteiger charge is 2.30. The lowest BCUT2D eigenvalue weighted by molar-refractivity contribution is 0.466. The number of nitrogens with two attached hydrogens (primary N) is 2. The van der Waals surface area contributed by atoms with Gasteiger partial charge in [0.15, 0.2) is 5.82 Å². The molecular formula is C17H22N8. The van der Waals surface area contributed by atoms with Crippen molar-refractivity contribution in [3.63, 3.8) is 0 Å². The molecule has 0 radical (unpaired) electrons. The molecule has 0 bridgehead atoms. The number of nitrogen functional groups attached to an aromatic ring is 2. The first-order valence-electron chi connectivity index (χ1n) is 8.55. The average Bonchev–Trinajstić information content (AvgIpc) is 3.24. The Labute approximate surface area is 145 Å². The van der Waals surface area contributed by atoms with Crippen LogP contribution in [0, 0.1) is 6.92 Å². The summed E-state index contributed by atoms with van der Waals surface area (Å²) in [5.41, 5.74) is 14.1. The van der Waals surface area contributed by atoms with Crippen molar-refractivity contribution < 1.29 is 0 Å². The van der Waals surface area contributed by atoms with Gasteiger partial charge in [0.05, 0.1) is 0 Å². The maximum Gasteiger partial charge on any atom is 0.258 e. The summed E-state index contributed by atoms with van der Waals surface area (Å²) in [4.78, 5) is 12.7. The first-order valence-corrected chi connectivity index (χ1v) is 8.55. The van der Waals surface area contributed by atoms with Gasteiger partial charge in [-0.1, -0.05) is 29.8 Å². The van der Waals surface area contributed by atoms with Gasteiger partial charge in [-0.05, 0) is 38.3 Å². The van der Waals surface area contributed by atoms with E-state index >= 15 is 0 Å². The lowest BCUT2D eigenvalue weighted by Gasteiger charge is -2.21. The second kappa shape index (κ2) is 6.29. The van der Waals surface area contributed by atoms with Crippen LogP contribution in [0.3, 0.4) is 0 Å². The zero-order chi connectivity index (χ0) is 17.4. The number of aryl methyl sites for hydroxylation is 1. The van der Waals surface area contributed by atoms with E-state index in [1.54, 1.807) is 0 Å². The van der Waals surface area contributed by atoms with Crippen molar-refractivity contribution >= 4 is 17.7 Å². The lowest BCUT2D eigenvalue weighted by Crippen LogP contribution is -2.31. The highest BCUT2D eigenvalue weighted by atomic mass is 15.4. The van der Waals surface area contributed by atoms with Gasteiger partial charge in [-0.15, -0.1) is 5.10 Å². The van der Waals surface area contributed by atoms with E-state index in [2.05, 4.69) is 56.6 Å². The van der Waals surface area contributed by atoms with Crippen molar-refractivity contribution in [3.8, 4) is 0 Å². The van der Waals surface area contributed by atoms with Crippen molar-refractivity contribution in [2.45, 2.75) is 38.1 Å². The molecular weight excluding hydrogens is 316 g/mol. The Balaban J connectivity index is 1.72. The van der Waals surface area contributed by atoms with E-state index < -0.39 is 0 Å². The van der Waals surface area contributed by atoms with Crippen LogP contribution in [0.5, 0.6) is 0 Å². The van der Waals surface area contributed by atoms with Crippen LogP contribution in [0.25, 0.3) is 5.78 Å². The topological polar surface area (TPSA) is 120 Å². The van der Waals surface area contributed by atoms with Gasteiger partial charge in [-0.2, -0.15) is 19.5 Å². The summed E-state index contributed by atoms with van der Waals surface area (Å²) in [6.07, 6.45) is 3.13. The van der Waals surface area contributed by atoms with E-state index in [-0.39, 0.29) is 17.8 Å². The van der Waals surface area contributed by atoms with E-state index in [0.29, 0.717) is 11.8 Å². The molecule has 8 nitrogen and oxygen atoms in total. The van der Waals surface area contributed by atoms with E-state index in [0.717, 1.165) is 31.6 Å². The number of aromatic nitrogens is 5. The Kier molecular flexibility index (Phi) is 3.96. The molecule has 2 unspecified atom stereocenters. The highest BCUT2D eigenvalue weighted by Crippen LogP contribution is 2.28. The number of fused-ring (bicyclic) bond motifs is 1. The van der Waals surface area contributed by atoms with Crippen LogP contribution < -0.4 is 16.8 Å². The zero-order valence-electron chi connectivity index (χ0n) is 14.2. The van der Waals surface area contributed by atoms with Gasteiger partial charge >= 0.3 is 0 Å². The van der Waals surface area contributed by atoms with Crippen molar-refractivity contribution in [1.29, 1.82) is 0 Å². The number of hydrogen-bond acceptors (Lipinski definition) is 7. The number of nitrogens with zero attached hydrogens (tertiary/aromatic N) is 5. The van der Waals surface area contributed by atoms with E-state index in [4.69, 9.17) is 11.5 Å². The first kappa shape index (κ1) is 15.8. The minimum Gasteiger partial charge on any atom is -0.368 e. The molecule has 0 amide bonds. The second-order valence-corrected chi connectivity index (χ2v) is 6.62. The Bertz CT molecular complexity index is 880. The summed E-state index contributed by atoms with van der Waals surface area (Å²) in [5, 5.41) is 8.15. The van der Waals surface area contributed by atoms with Crippen molar-refractivity contribution in [1.82, 2.24) is 29.9 Å². The predicted octanol–water partition coefficient (Wildman–Crippen LogP) is 1.07. The standard InChI is InChI=1S/C17H22N8/c1-10-4-6-11(7-5-10)9-12(13-3-2-8-20-13)14-21-17-23-15(18)22-16(19)25(17)24-14/h4-7,12-13,20H,2-3,8-9H2,1H3,(H4,18,19,21,22,23,24). The Morgan fingerprint density at radius 3 is 2.72 bits per heavy atom. The van der Waals surface area contributed by atoms with Gasteiger partial charge < -0.3 is 16.8 Å². The number of hydrogen-bond donors (Lipinski definition) is 3. The summed E-state index contributed by atoms with van der Waals surface area (Å²) in [7, 11) is 0. The minimum absolute atomic E-state index is 0.109. The van der Waals surface area contributed by atoms with Crippen LogP contribution in [0.4, 0.5) is 11.9 Å². The maximum atomic E-state index is 5.91. The summed E-state index contributed by atoms with van der Waals surface area (Å²) < 4.78 is 1.46. The van der Waals surface area contributed by atoms with Crippen LogP contribution in [0.1, 0.15) is 35.7 Å². The van der Waals surface area contributed by atoms with Crippen LogP contribution in [0.15, 0.2) is 24.3 Å². The lowest BCUT2D eigenvalue weighted by atomic mass is 9.90. The molecule has 3 heterocycles. The SMILES string of the molecule is Cc1ccc(CC(c2nc3nc(N)nc(N)n3n2)C2CCCN2)cc1. The summed E-state index contributed by atoms with van der Waals surface area (Å²) in [6.45, 7) is 3.12. The fourth-order valence-electron chi connectivity index (χ4n) is 3.44. The van der Waals surface area contributed by atoms with Crippen molar-refractivity contribution in [2.75, 3.05) is 18.0 Å². The Morgan fingerprint density at radius 1 is 1.20 bits per heavy atom. The number of benzene rings is 1. The van der Waals surface area contributed by atoms with Gasteiger partial charge in [0, 0.05) is 12.0 Å². The largest absolute Gasteiger partial charge is 0.368 e. The molecule has 0 aliphatic carbocycles. The Hall–Kier alpha value is -2.74. The third-order valence-corrected chi connectivity index (χ3v) is 4.76. The molecule has 5 N–H and O–H groups in total. The van der Waals surface area contributed by atoms with Gasteiger partial charge in [0.2, 0.25) is 11.9 Å². The normalized spacial score (nSPS) is 18.7. The van der Waals surface area contributed by atoms with E-state index in [9.17, 15) is 0 Å². The number of nitrogens with one attached hydrogen (secondary N) is 1. The molecule has 1 fully saturated rings. The monoisotopic (exact) mass is 338 g/mol. The smallest absolute Gasteiger partial charge is 0.258 e. The Morgan fingerprint density at radius 2 is 2.00 bits per heavy atom. The minimum atomic E-state index is 0.109. The molecule has 3 aromatic rings. The molecule has 1 aliphatic heterocycles. The number of rotatable bonds is 4. The van der Waals surface area contributed by atoms with Gasteiger partial charge in [0.25, 0.3) is 5.78 Å². The van der Waals surface area contributed by atoms with Gasteiger partial charge in [-0.3, -0.25) is 0 Å². The van der Waals surface area contributed by atoms with Gasteiger partial charge in [0.1, 0.15) is 0 Å². The summed E-state index contributed by atoms with van der Waals surface area (Å²) in [5.74, 6) is 1.58. The molecule has 1 aliphatic rings. The third kappa shape index (κ3) is 3.12. The molecule has 4 rings (SSSR count). The maximum absolute atomic E-state index is 5.91. The van der Waals surface area contributed by atoms with Crippen LogP contribution >= 0.6 is 0 Å². The van der Waals surface area contributed by atoms with Crippen LogP contribution in [-0.4, -0.2) is 37.2 Å². The molecule has 2 atom stereocenters. The third-order valence-electron chi connectivity index (χ3n) is 4.76. The summed E-state index contributed by atoms with van der Waals surface area (Å²) in [6, 6.07) is 8.94. The zero-order valence-corrected chi connectivity index (χ0v) is 14.2. The predicted molar refractivity (Wildman–Crippen MR) is 96.1 cm³/mol. The number of anilines is 2. The van der Waals surface area contributed by atoms with Crippen molar-refractivity contribution in [3.05, 3.63) is 41.2 Å². The molecule has 1 saturated heterocycles.